The van der Waals surface area contributed by atoms with Crippen molar-refractivity contribution < 1.29 is 4.79 Å². The molecule has 0 unspecified atom stereocenters. The summed E-state index contributed by atoms with van der Waals surface area (Å²) in [5, 5.41) is 2.46. The summed E-state index contributed by atoms with van der Waals surface area (Å²) < 4.78 is 0. The molecular weight excluding hydrogens is 130 g/mol. The second kappa shape index (κ2) is 3.41. The average molecular weight is 145 g/mol. The third kappa shape index (κ3) is 7.23. The van der Waals surface area contributed by atoms with E-state index >= 15 is 0 Å². The summed E-state index contributed by atoms with van der Waals surface area (Å²) in [5.41, 5.74) is 10.2. The van der Waals surface area contributed by atoms with Crippen molar-refractivity contribution in [2.24, 2.45) is 11.5 Å². The highest BCUT2D eigenvalue weighted by Crippen LogP contribution is 2.00. The zero-order valence-corrected chi connectivity index (χ0v) is 6.48. The lowest BCUT2D eigenvalue weighted by Gasteiger charge is -2.17. The summed E-state index contributed by atoms with van der Waals surface area (Å²) >= 11 is 0. The molecule has 0 radical (unpaired) electrons. The van der Waals surface area contributed by atoms with Gasteiger partial charge in [0.2, 0.25) is 0 Å². The largest absolute Gasteiger partial charge is 0.352 e. The number of carbonyl (C=O) groups excluding carboxylic acids is 1. The number of rotatable bonds is 3. The third-order valence-corrected chi connectivity index (χ3v) is 1.07. The minimum Gasteiger partial charge on any atom is -0.352 e. The van der Waals surface area contributed by atoms with E-state index < -0.39 is 6.03 Å². The molecule has 0 rings (SSSR count). The molecule has 0 bridgehead atoms. The van der Waals surface area contributed by atoms with Crippen molar-refractivity contribution in [3.8, 4) is 0 Å². The quantitative estimate of drug-likeness (QED) is 0.513. The molecular formula is C6H15N3O. The van der Waals surface area contributed by atoms with E-state index in [9.17, 15) is 4.79 Å². The molecule has 0 fully saturated rings. The minimum atomic E-state index is -0.496. The van der Waals surface area contributed by atoms with Gasteiger partial charge in [-0.25, -0.2) is 4.79 Å². The lowest BCUT2D eigenvalue weighted by molar-refractivity contribution is 0.248. The lowest BCUT2D eigenvalue weighted by Crippen LogP contribution is -2.38. The first kappa shape index (κ1) is 9.23. The van der Waals surface area contributed by atoms with Crippen LogP contribution in [0.3, 0.4) is 0 Å². The number of amides is 2. The van der Waals surface area contributed by atoms with Gasteiger partial charge in [0.05, 0.1) is 0 Å². The Morgan fingerprint density at radius 1 is 1.60 bits per heavy atom. The zero-order chi connectivity index (χ0) is 8.20. The molecule has 2 amide bonds. The molecule has 60 valence electrons. The van der Waals surface area contributed by atoms with Gasteiger partial charge in [-0.15, -0.1) is 0 Å². The van der Waals surface area contributed by atoms with Crippen LogP contribution in [0, 0.1) is 0 Å². The van der Waals surface area contributed by atoms with E-state index in [0.717, 1.165) is 6.42 Å². The van der Waals surface area contributed by atoms with E-state index in [0.29, 0.717) is 6.54 Å². The number of hydrogen-bond donors (Lipinski definition) is 3. The van der Waals surface area contributed by atoms with E-state index in [1.54, 1.807) is 0 Å². The highest BCUT2D eigenvalue weighted by atomic mass is 16.2. The van der Waals surface area contributed by atoms with Crippen LogP contribution in [-0.4, -0.2) is 18.1 Å². The summed E-state index contributed by atoms with van der Waals surface area (Å²) in [4.78, 5) is 10.2. The molecule has 0 spiro atoms. The van der Waals surface area contributed by atoms with Crippen molar-refractivity contribution in [1.82, 2.24) is 5.32 Å². The standard InChI is InChI=1S/C6H15N3O/c1-6(2,8)3-4-9-5(7)10/h3-4,8H2,1-2H3,(H3,7,9,10). The summed E-state index contributed by atoms with van der Waals surface area (Å²) in [6.07, 6.45) is 0.732. The molecule has 0 aromatic carbocycles. The fourth-order valence-electron chi connectivity index (χ4n) is 0.508. The molecule has 0 aliphatic heterocycles. The van der Waals surface area contributed by atoms with E-state index in [1.165, 1.54) is 0 Å². The Morgan fingerprint density at radius 2 is 2.10 bits per heavy atom. The van der Waals surface area contributed by atoms with Crippen LogP contribution in [0.2, 0.25) is 0 Å². The Hall–Kier alpha value is -0.770. The monoisotopic (exact) mass is 145 g/mol. The summed E-state index contributed by atoms with van der Waals surface area (Å²) in [5.74, 6) is 0. The van der Waals surface area contributed by atoms with Crippen LogP contribution in [0.4, 0.5) is 4.79 Å². The molecule has 0 aliphatic rings. The number of hydrogen-bond acceptors (Lipinski definition) is 2. The maximum atomic E-state index is 10.2. The van der Waals surface area contributed by atoms with Crippen molar-refractivity contribution in [1.29, 1.82) is 0 Å². The van der Waals surface area contributed by atoms with Gasteiger partial charge < -0.3 is 16.8 Å². The Balaban J connectivity index is 3.29. The van der Waals surface area contributed by atoms with Crippen molar-refractivity contribution >= 4 is 6.03 Å². The predicted octanol–water partition coefficient (Wildman–Crippen LogP) is -0.218. The second-order valence-electron chi connectivity index (χ2n) is 3.03. The number of carbonyl (C=O) groups is 1. The predicted molar refractivity (Wildman–Crippen MR) is 40.5 cm³/mol. The first-order chi connectivity index (χ1) is 4.42. The van der Waals surface area contributed by atoms with E-state index in [-0.39, 0.29) is 5.54 Å². The Kier molecular flexibility index (Phi) is 3.15. The summed E-state index contributed by atoms with van der Waals surface area (Å²) in [7, 11) is 0. The van der Waals surface area contributed by atoms with Gasteiger partial charge in [0.25, 0.3) is 0 Å². The minimum absolute atomic E-state index is 0.234. The number of urea groups is 1. The molecule has 0 atom stereocenters. The van der Waals surface area contributed by atoms with Gasteiger partial charge in [-0.2, -0.15) is 0 Å². The van der Waals surface area contributed by atoms with Gasteiger partial charge in [0.1, 0.15) is 0 Å². The summed E-state index contributed by atoms with van der Waals surface area (Å²) in [6.45, 7) is 4.34. The maximum absolute atomic E-state index is 10.2. The van der Waals surface area contributed by atoms with Crippen molar-refractivity contribution in [3.63, 3.8) is 0 Å². The van der Waals surface area contributed by atoms with E-state index in [2.05, 4.69) is 5.32 Å². The van der Waals surface area contributed by atoms with E-state index in [4.69, 9.17) is 11.5 Å². The highest BCUT2D eigenvalue weighted by molar-refractivity contribution is 5.71. The van der Waals surface area contributed by atoms with Gasteiger partial charge in [-0.3, -0.25) is 0 Å². The molecule has 0 saturated carbocycles. The van der Waals surface area contributed by atoms with Crippen LogP contribution < -0.4 is 16.8 Å². The summed E-state index contributed by atoms with van der Waals surface area (Å²) in [6, 6.07) is -0.496. The van der Waals surface area contributed by atoms with Crippen LogP contribution in [0.1, 0.15) is 20.3 Å². The molecule has 4 heteroatoms. The van der Waals surface area contributed by atoms with Crippen LogP contribution in [0.15, 0.2) is 0 Å². The molecule has 0 aromatic rings. The normalized spacial score (nSPS) is 11.1. The van der Waals surface area contributed by atoms with E-state index in [1.807, 2.05) is 13.8 Å². The van der Waals surface area contributed by atoms with Gasteiger partial charge in [-0.05, 0) is 20.3 Å². The molecule has 4 nitrogen and oxygen atoms in total. The lowest BCUT2D eigenvalue weighted by atomic mass is 10.0. The van der Waals surface area contributed by atoms with Crippen molar-refractivity contribution in [2.75, 3.05) is 6.54 Å². The second-order valence-corrected chi connectivity index (χ2v) is 3.03. The molecule has 0 aliphatic carbocycles. The molecule has 0 heterocycles. The Labute approximate surface area is 61.0 Å². The molecule has 0 aromatic heterocycles. The van der Waals surface area contributed by atoms with Crippen molar-refractivity contribution in [2.45, 2.75) is 25.8 Å². The third-order valence-electron chi connectivity index (χ3n) is 1.07. The van der Waals surface area contributed by atoms with Crippen LogP contribution >= 0.6 is 0 Å². The first-order valence-corrected chi connectivity index (χ1v) is 3.24. The Bertz CT molecular complexity index is 117. The topological polar surface area (TPSA) is 81.1 Å². The average Bonchev–Trinajstić information content (AvgIpc) is 1.59. The Morgan fingerprint density at radius 3 is 2.40 bits per heavy atom. The van der Waals surface area contributed by atoms with Crippen LogP contribution in [0.5, 0.6) is 0 Å². The van der Waals surface area contributed by atoms with Gasteiger partial charge in [-0.1, -0.05) is 0 Å². The van der Waals surface area contributed by atoms with Crippen LogP contribution in [-0.2, 0) is 0 Å². The first-order valence-electron chi connectivity index (χ1n) is 3.24. The van der Waals surface area contributed by atoms with Crippen LogP contribution in [0.25, 0.3) is 0 Å². The number of primary amides is 1. The smallest absolute Gasteiger partial charge is 0.312 e. The van der Waals surface area contributed by atoms with Crippen molar-refractivity contribution in [3.05, 3.63) is 0 Å². The molecule has 0 saturated heterocycles. The fraction of sp³-hybridized carbons (Fsp3) is 0.833. The highest BCUT2D eigenvalue weighted by Gasteiger charge is 2.09. The number of nitrogens with two attached hydrogens (primary N) is 2. The zero-order valence-electron chi connectivity index (χ0n) is 6.48. The molecule has 5 N–H and O–H groups in total. The van der Waals surface area contributed by atoms with Gasteiger partial charge in [0.15, 0.2) is 0 Å². The maximum Gasteiger partial charge on any atom is 0.312 e. The van der Waals surface area contributed by atoms with Gasteiger partial charge >= 0.3 is 6.03 Å². The molecule has 10 heavy (non-hydrogen) atoms. The fourth-order valence-corrected chi connectivity index (χ4v) is 0.508. The number of nitrogens with one attached hydrogen (secondary N) is 1. The SMILES string of the molecule is CC(C)(N)CCNC(N)=O. The van der Waals surface area contributed by atoms with Gasteiger partial charge in [0, 0.05) is 12.1 Å².